The smallest absolute Gasteiger partial charge is 0.378 e. The molecule has 17 heteroatoms. The molecule has 11 nitrogen and oxygen atoms in total. The summed E-state index contributed by atoms with van der Waals surface area (Å²) in [7, 11) is 0. The Kier molecular flexibility index (Phi) is 7.84. The standard InChI is InChI=1S/C21H22F6N8O3/c1-11(31-14-8-30-33-18(36)16(14)21(25,26)27)9-37-10-15-32-17(34-38-15)12-2-4-35(5-3-12)19-28-6-13(7-29-19)20(22,23)24/h6-8,11-12H,2-5,9-10H2,1H3,(H2,31,33,36)/t11-/m1/s1. The number of halogens is 6. The lowest BCUT2D eigenvalue weighted by atomic mass is 9.96. The molecule has 1 aliphatic rings. The van der Waals surface area contributed by atoms with Gasteiger partial charge < -0.3 is 19.5 Å². The van der Waals surface area contributed by atoms with Crippen LogP contribution >= 0.6 is 0 Å². The highest BCUT2D eigenvalue weighted by Crippen LogP contribution is 2.32. The number of alkyl halides is 6. The van der Waals surface area contributed by atoms with Gasteiger partial charge in [-0.3, -0.25) is 4.79 Å². The van der Waals surface area contributed by atoms with Crippen molar-refractivity contribution in [3.63, 3.8) is 0 Å². The van der Waals surface area contributed by atoms with E-state index < -0.39 is 40.8 Å². The molecule has 206 valence electrons. The summed E-state index contributed by atoms with van der Waals surface area (Å²) in [6.45, 7) is 2.41. The molecule has 0 aliphatic carbocycles. The predicted molar refractivity (Wildman–Crippen MR) is 118 cm³/mol. The quantitative estimate of drug-likeness (QED) is 0.404. The summed E-state index contributed by atoms with van der Waals surface area (Å²) in [5.41, 5.74) is -4.12. The van der Waals surface area contributed by atoms with Crippen molar-refractivity contribution in [2.45, 2.75) is 50.7 Å². The third-order valence-corrected chi connectivity index (χ3v) is 5.73. The van der Waals surface area contributed by atoms with E-state index in [0.29, 0.717) is 31.8 Å². The number of H-pyrrole nitrogens is 1. The number of hydrogen-bond donors (Lipinski definition) is 2. The van der Waals surface area contributed by atoms with Crippen molar-refractivity contribution in [2.24, 2.45) is 0 Å². The van der Waals surface area contributed by atoms with Crippen molar-refractivity contribution in [3.05, 3.63) is 51.8 Å². The summed E-state index contributed by atoms with van der Waals surface area (Å²) in [6.07, 6.45) is -5.80. The molecule has 1 atom stereocenters. The van der Waals surface area contributed by atoms with Crippen molar-refractivity contribution in [2.75, 3.05) is 29.9 Å². The van der Waals surface area contributed by atoms with E-state index >= 15 is 0 Å². The van der Waals surface area contributed by atoms with Crippen LogP contribution in [0.4, 0.5) is 38.0 Å². The lowest BCUT2D eigenvalue weighted by Gasteiger charge is -2.30. The third-order valence-electron chi connectivity index (χ3n) is 5.73. The van der Waals surface area contributed by atoms with Crippen LogP contribution in [0.2, 0.25) is 0 Å². The second-order valence-electron chi connectivity index (χ2n) is 8.62. The number of piperidine rings is 1. The Balaban J connectivity index is 1.25. The fraction of sp³-hybridized carbons (Fsp3) is 0.524. The highest BCUT2D eigenvalue weighted by atomic mass is 19.4. The molecule has 0 saturated carbocycles. The number of hydrogen-bond acceptors (Lipinski definition) is 10. The average Bonchev–Trinajstić information content (AvgIpc) is 3.32. The van der Waals surface area contributed by atoms with Gasteiger partial charge in [-0.25, -0.2) is 15.1 Å². The molecule has 4 rings (SSSR count). The van der Waals surface area contributed by atoms with Crippen LogP contribution in [0.3, 0.4) is 0 Å². The van der Waals surface area contributed by atoms with Gasteiger partial charge in [0.05, 0.1) is 24.1 Å². The Bertz CT molecular complexity index is 1270. The first kappa shape index (κ1) is 27.3. The van der Waals surface area contributed by atoms with Gasteiger partial charge in [-0.1, -0.05) is 5.16 Å². The molecule has 1 saturated heterocycles. The number of ether oxygens (including phenoxy) is 1. The fourth-order valence-corrected chi connectivity index (χ4v) is 3.88. The summed E-state index contributed by atoms with van der Waals surface area (Å²) in [5.74, 6) is 0.782. The van der Waals surface area contributed by atoms with Crippen LogP contribution in [-0.4, -0.2) is 56.0 Å². The zero-order valence-corrected chi connectivity index (χ0v) is 19.8. The predicted octanol–water partition coefficient (Wildman–Crippen LogP) is 3.38. The number of nitrogens with one attached hydrogen (secondary N) is 2. The molecule has 3 aromatic heterocycles. The molecule has 2 N–H and O–H groups in total. The van der Waals surface area contributed by atoms with E-state index in [1.165, 1.54) is 0 Å². The zero-order valence-electron chi connectivity index (χ0n) is 19.8. The Morgan fingerprint density at radius 1 is 1.13 bits per heavy atom. The van der Waals surface area contributed by atoms with Gasteiger partial charge in [-0.05, 0) is 19.8 Å². The number of anilines is 2. The van der Waals surface area contributed by atoms with Crippen molar-refractivity contribution in [3.8, 4) is 0 Å². The molecule has 0 radical (unpaired) electrons. The number of aromatic amines is 1. The van der Waals surface area contributed by atoms with E-state index in [9.17, 15) is 31.1 Å². The van der Waals surface area contributed by atoms with Gasteiger partial charge in [0.2, 0.25) is 5.95 Å². The third kappa shape index (κ3) is 6.56. The van der Waals surface area contributed by atoms with E-state index in [2.05, 4.69) is 30.5 Å². The zero-order chi connectivity index (χ0) is 27.5. The van der Waals surface area contributed by atoms with Crippen LogP contribution in [-0.2, 0) is 23.7 Å². The van der Waals surface area contributed by atoms with E-state index in [0.717, 1.165) is 18.6 Å². The maximum absolute atomic E-state index is 13.2. The molecule has 4 heterocycles. The van der Waals surface area contributed by atoms with Gasteiger partial charge in [-0.2, -0.15) is 36.4 Å². The van der Waals surface area contributed by atoms with Crippen LogP contribution in [0.15, 0.2) is 27.9 Å². The van der Waals surface area contributed by atoms with Crippen LogP contribution in [0.5, 0.6) is 0 Å². The maximum atomic E-state index is 13.2. The number of aromatic nitrogens is 6. The molecule has 38 heavy (non-hydrogen) atoms. The lowest BCUT2D eigenvalue weighted by Crippen LogP contribution is -2.34. The molecule has 0 unspecified atom stereocenters. The summed E-state index contributed by atoms with van der Waals surface area (Å²) < 4.78 is 88.2. The Morgan fingerprint density at radius 2 is 1.82 bits per heavy atom. The van der Waals surface area contributed by atoms with Gasteiger partial charge in [-0.15, -0.1) is 0 Å². The Labute approximate surface area is 210 Å². The van der Waals surface area contributed by atoms with Gasteiger partial charge >= 0.3 is 12.4 Å². The van der Waals surface area contributed by atoms with Gasteiger partial charge in [0.1, 0.15) is 12.2 Å². The summed E-state index contributed by atoms with van der Waals surface area (Å²) >= 11 is 0. The number of nitrogens with zero attached hydrogens (tertiary/aromatic N) is 6. The van der Waals surface area contributed by atoms with E-state index in [-0.39, 0.29) is 31.0 Å². The fourth-order valence-electron chi connectivity index (χ4n) is 3.88. The second-order valence-corrected chi connectivity index (χ2v) is 8.62. The van der Waals surface area contributed by atoms with Gasteiger partial charge in [0, 0.05) is 37.4 Å². The second kappa shape index (κ2) is 10.9. The Hall–Kier alpha value is -3.76. The first-order chi connectivity index (χ1) is 17.9. The minimum Gasteiger partial charge on any atom is -0.378 e. The Morgan fingerprint density at radius 3 is 2.45 bits per heavy atom. The van der Waals surface area contributed by atoms with E-state index in [1.54, 1.807) is 16.9 Å². The highest BCUT2D eigenvalue weighted by Gasteiger charge is 2.37. The van der Waals surface area contributed by atoms with Crippen molar-refractivity contribution in [1.82, 2.24) is 30.3 Å². The first-order valence-corrected chi connectivity index (χ1v) is 11.4. The molecule has 0 aromatic carbocycles. The van der Waals surface area contributed by atoms with E-state index in [4.69, 9.17) is 9.26 Å². The summed E-state index contributed by atoms with van der Waals surface area (Å²) in [4.78, 5) is 25.3. The topological polar surface area (TPSA) is 135 Å². The monoisotopic (exact) mass is 548 g/mol. The van der Waals surface area contributed by atoms with Gasteiger partial charge in [0.15, 0.2) is 5.82 Å². The molecule has 1 aliphatic heterocycles. The molecule has 0 spiro atoms. The van der Waals surface area contributed by atoms with Crippen molar-refractivity contribution < 1.29 is 35.6 Å². The lowest BCUT2D eigenvalue weighted by molar-refractivity contribution is -0.139. The molecular weight excluding hydrogens is 526 g/mol. The summed E-state index contributed by atoms with van der Waals surface area (Å²) in [5, 5.41) is 11.7. The highest BCUT2D eigenvalue weighted by molar-refractivity contribution is 5.50. The van der Waals surface area contributed by atoms with Crippen molar-refractivity contribution >= 4 is 11.6 Å². The largest absolute Gasteiger partial charge is 0.423 e. The van der Waals surface area contributed by atoms with Crippen molar-refractivity contribution in [1.29, 1.82) is 0 Å². The van der Waals surface area contributed by atoms with Crippen LogP contribution in [0, 0.1) is 0 Å². The van der Waals surface area contributed by atoms with E-state index in [1.807, 2.05) is 0 Å². The minimum absolute atomic E-state index is 0.0344. The average molecular weight is 548 g/mol. The minimum atomic E-state index is -4.86. The van der Waals surface area contributed by atoms with Crippen LogP contribution < -0.4 is 15.8 Å². The van der Waals surface area contributed by atoms with Gasteiger partial charge in [0.25, 0.3) is 11.4 Å². The van der Waals surface area contributed by atoms with Crippen LogP contribution in [0.25, 0.3) is 0 Å². The molecular formula is C21H22F6N8O3. The summed E-state index contributed by atoms with van der Waals surface area (Å²) in [6, 6.07) is -0.612. The maximum Gasteiger partial charge on any atom is 0.423 e. The molecule has 1 fully saturated rings. The molecule has 0 amide bonds. The number of rotatable bonds is 8. The first-order valence-electron chi connectivity index (χ1n) is 11.4. The molecule has 0 bridgehead atoms. The molecule has 3 aromatic rings. The van der Waals surface area contributed by atoms with Crippen LogP contribution in [0.1, 0.15) is 48.5 Å². The SMILES string of the molecule is C[C@H](COCc1nc(C2CCN(c3ncc(C(F)(F)F)cn3)CC2)no1)Nc1cn[nH]c(=O)c1C(F)(F)F. The normalized spacial score (nSPS) is 16.0.